The smallest absolute Gasteiger partial charge is 0.220 e. The summed E-state index contributed by atoms with van der Waals surface area (Å²) in [6, 6.07) is 2.48. The molecule has 41 heavy (non-hydrogen) atoms. The molecule has 0 aromatic carbocycles. The Morgan fingerprint density at radius 3 is 2.66 bits per heavy atom. The molecule has 0 spiro atoms. The zero-order valence-corrected chi connectivity index (χ0v) is 25.7. The van der Waals surface area contributed by atoms with Gasteiger partial charge in [-0.15, -0.1) is 0 Å². The minimum Gasteiger partial charge on any atom is -0.376 e. The zero-order chi connectivity index (χ0) is 29.4. The molecule has 2 aliphatic carbocycles. The van der Waals surface area contributed by atoms with Gasteiger partial charge >= 0.3 is 0 Å². The first-order chi connectivity index (χ1) is 19.8. The van der Waals surface area contributed by atoms with Gasteiger partial charge < -0.3 is 35.6 Å². The second-order valence-corrected chi connectivity index (χ2v) is 13.2. The summed E-state index contributed by atoms with van der Waals surface area (Å²) < 4.78 is 27.9. The van der Waals surface area contributed by atoms with Crippen molar-refractivity contribution in [3.63, 3.8) is 0 Å². The molecule has 0 radical (unpaired) electrons. The highest BCUT2D eigenvalue weighted by Crippen LogP contribution is 2.36. The van der Waals surface area contributed by atoms with Gasteiger partial charge in [-0.3, -0.25) is 4.79 Å². The average Bonchev–Trinajstić information content (AvgIpc) is 2.94. The van der Waals surface area contributed by atoms with Crippen LogP contribution in [-0.4, -0.2) is 106 Å². The molecule has 0 aromatic heterocycles. The molecule has 2 heterocycles. The number of halogens is 1. The van der Waals surface area contributed by atoms with E-state index in [0.717, 1.165) is 32.4 Å². The maximum Gasteiger partial charge on any atom is 0.220 e. The van der Waals surface area contributed by atoms with E-state index in [4.69, 9.17) is 9.47 Å². The minimum atomic E-state index is -1.01. The van der Waals surface area contributed by atoms with E-state index < -0.39 is 6.17 Å². The fraction of sp³-hybridized carbons (Fsp3) is 0.935. The van der Waals surface area contributed by atoms with Gasteiger partial charge in [0.25, 0.3) is 0 Å². The maximum atomic E-state index is 15.6. The first-order valence-corrected chi connectivity index (χ1v) is 16.2. The van der Waals surface area contributed by atoms with E-state index in [2.05, 4.69) is 39.2 Å². The van der Waals surface area contributed by atoms with Crippen molar-refractivity contribution in [2.24, 2.45) is 17.8 Å². The molecule has 4 fully saturated rings. The van der Waals surface area contributed by atoms with E-state index in [9.17, 15) is 10.1 Å². The number of nitrogens with one attached hydrogen (secondary N) is 4. The fourth-order valence-electron chi connectivity index (χ4n) is 7.53. The second kappa shape index (κ2) is 15.9. The largest absolute Gasteiger partial charge is 0.376 e. The molecule has 2 aliphatic heterocycles. The van der Waals surface area contributed by atoms with Gasteiger partial charge in [-0.25, -0.2) is 4.39 Å². The summed E-state index contributed by atoms with van der Waals surface area (Å²) in [4.78, 5) is 14.9. The van der Waals surface area contributed by atoms with E-state index in [1.807, 2.05) is 21.0 Å². The lowest BCUT2D eigenvalue weighted by atomic mass is 9.69. The topological polar surface area (TPSA) is 111 Å². The predicted octanol–water partition coefficient (Wildman–Crippen LogP) is 2.36. The van der Waals surface area contributed by atoms with Crippen LogP contribution in [0.4, 0.5) is 4.39 Å². The van der Waals surface area contributed by atoms with E-state index in [-0.39, 0.29) is 54.1 Å². The molecule has 10 heteroatoms. The van der Waals surface area contributed by atoms with Gasteiger partial charge in [0.05, 0.1) is 36.8 Å². The summed E-state index contributed by atoms with van der Waals surface area (Å²) in [7, 11) is 4.02. The lowest BCUT2D eigenvalue weighted by molar-refractivity contribution is -0.124. The molecule has 4 rings (SSSR count). The standard InChI is InChI=1S/C31H55FN6O3/c1-5-40-29-16-26-23(15-27(29)36-30(39)9-7-13-38(3)4)31(21(17-33)18-35-26)37-25-11-10-22(14-24(25)32)41-19-28-20(2)8-6-12-34-28/h20-29,31,34-35,37H,5-16,18-19H2,1-4H3,(H,36,39). The molecule has 1 amide bonds. The van der Waals surface area contributed by atoms with Gasteiger partial charge in [0.15, 0.2) is 0 Å². The number of nitriles is 1. The zero-order valence-electron chi connectivity index (χ0n) is 25.7. The summed E-state index contributed by atoms with van der Waals surface area (Å²) in [6.07, 6.45) is 5.97. The number of ether oxygens (including phenoxy) is 2. The maximum absolute atomic E-state index is 15.6. The molecular weight excluding hydrogens is 523 g/mol. The highest BCUT2D eigenvalue weighted by Gasteiger charge is 2.48. The van der Waals surface area contributed by atoms with Crippen molar-refractivity contribution in [3.8, 4) is 6.07 Å². The third-order valence-corrected chi connectivity index (χ3v) is 9.95. The Kier molecular flexibility index (Phi) is 12.6. The van der Waals surface area contributed by atoms with Crippen molar-refractivity contribution in [1.29, 1.82) is 5.26 Å². The van der Waals surface area contributed by atoms with Crippen LogP contribution in [0.25, 0.3) is 0 Å². The van der Waals surface area contributed by atoms with E-state index in [1.165, 1.54) is 12.8 Å². The number of rotatable bonds is 12. The second-order valence-electron chi connectivity index (χ2n) is 13.2. The molecule has 0 aromatic rings. The fourth-order valence-corrected chi connectivity index (χ4v) is 7.53. The van der Waals surface area contributed by atoms with Crippen molar-refractivity contribution in [1.82, 2.24) is 26.2 Å². The van der Waals surface area contributed by atoms with E-state index in [1.54, 1.807) is 0 Å². The van der Waals surface area contributed by atoms with Gasteiger partial charge in [0.1, 0.15) is 6.17 Å². The molecule has 9 nitrogen and oxygen atoms in total. The third-order valence-electron chi connectivity index (χ3n) is 9.95. The van der Waals surface area contributed by atoms with Crippen LogP contribution in [0.1, 0.15) is 71.6 Å². The Morgan fingerprint density at radius 2 is 1.95 bits per heavy atom. The van der Waals surface area contributed by atoms with Crippen LogP contribution < -0.4 is 21.3 Å². The van der Waals surface area contributed by atoms with Crippen LogP contribution in [-0.2, 0) is 14.3 Å². The van der Waals surface area contributed by atoms with Gasteiger partial charge in [-0.2, -0.15) is 5.26 Å². The number of alkyl halides is 1. The number of hydrogen-bond acceptors (Lipinski definition) is 8. The first kappa shape index (κ1) is 32.6. The van der Waals surface area contributed by atoms with Crippen LogP contribution >= 0.6 is 0 Å². The number of carbonyl (C=O) groups is 1. The molecule has 2 saturated heterocycles. The molecule has 4 aliphatic rings. The van der Waals surface area contributed by atoms with Crippen molar-refractivity contribution in [2.75, 3.05) is 46.9 Å². The average molecular weight is 579 g/mol. The van der Waals surface area contributed by atoms with Gasteiger partial charge in [-0.1, -0.05) is 6.92 Å². The Hall–Kier alpha value is -1.35. The van der Waals surface area contributed by atoms with Crippen molar-refractivity contribution >= 4 is 5.91 Å². The van der Waals surface area contributed by atoms with Crippen LogP contribution in [0.3, 0.4) is 0 Å². The SMILES string of the molecule is CCOC1CC2NCC(C#N)C(NC3CCC(OCC4NCCCC4C)CC3F)C2CC1NC(=O)CCCN(C)C. The third kappa shape index (κ3) is 9.07. The van der Waals surface area contributed by atoms with Gasteiger partial charge in [-0.05, 0) is 90.9 Å². The van der Waals surface area contributed by atoms with Crippen molar-refractivity contribution < 1.29 is 18.7 Å². The summed E-state index contributed by atoms with van der Waals surface area (Å²) in [5.74, 6) is 0.488. The Bertz CT molecular complexity index is 858. The monoisotopic (exact) mass is 578 g/mol. The van der Waals surface area contributed by atoms with Gasteiger partial charge in [0, 0.05) is 50.2 Å². The Morgan fingerprint density at radius 1 is 1.12 bits per heavy atom. The molecule has 2 saturated carbocycles. The minimum absolute atomic E-state index is 0.0464. The predicted molar refractivity (Wildman–Crippen MR) is 158 cm³/mol. The molecule has 4 N–H and O–H groups in total. The van der Waals surface area contributed by atoms with Crippen LogP contribution in [0.2, 0.25) is 0 Å². The number of carbonyl (C=O) groups excluding carboxylic acids is 1. The number of piperidine rings is 2. The van der Waals surface area contributed by atoms with Crippen LogP contribution in [0.15, 0.2) is 0 Å². The Labute approximate surface area is 247 Å². The lowest BCUT2D eigenvalue weighted by Crippen LogP contribution is -2.66. The quantitative estimate of drug-likeness (QED) is 0.280. The number of hydrogen-bond donors (Lipinski definition) is 4. The normalized spacial score (nSPS) is 39.6. The highest BCUT2D eigenvalue weighted by atomic mass is 19.1. The molecular formula is C31H55FN6O3. The van der Waals surface area contributed by atoms with E-state index in [0.29, 0.717) is 57.4 Å². The Balaban J connectivity index is 1.35. The van der Waals surface area contributed by atoms with Gasteiger partial charge in [0.2, 0.25) is 5.91 Å². The van der Waals surface area contributed by atoms with Crippen molar-refractivity contribution in [3.05, 3.63) is 0 Å². The molecule has 234 valence electrons. The first-order valence-electron chi connectivity index (χ1n) is 16.2. The van der Waals surface area contributed by atoms with E-state index >= 15 is 4.39 Å². The van der Waals surface area contributed by atoms with Crippen LogP contribution in [0.5, 0.6) is 0 Å². The molecule has 11 unspecified atom stereocenters. The summed E-state index contributed by atoms with van der Waals surface area (Å²) in [5.41, 5.74) is 0. The summed E-state index contributed by atoms with van der Waals surface area (Å²) in [6.45, 7) is 7.96. The lowest BCUT2D eigenvalue weighted by Gasteiger charge is -2.50. The summed E-state index contributed by atoms with van der Waals surface area (Å²) in [5, 5.41) is 24.1. The van der Waals surface area contributed by atoms with Crippen LogP contribution in [0, 0.1) is 29.1 Å². The summed E-state index contributed by atoms with van der Waals surface area (Å²) >= 11 is 0. The molecule has 11 atom stereocenters. The number of nitrogens with zero attached hydrogens (tertiary/aromatic N) is 2. The number of fused-ring (bicyclic) bond motifs is 1. The molecule has 0 bridgehead atoms. The number of amides is 1. The van der Waals surface area contributed by atoms with Crippen molar-refractivity contribution in [2.45, 2.75) is 120 Å². The highest BCUT2D eigenvalue weighted by molar-refractivity contribution is 5.76.